The minimum atomic E-state index is -0.614. The van der Waals surface area contributed by atoms with E-state index in [1.165, 1.54) is 10.9 Å². The number of carbonyl (C=O) groups is 2. The third kappa shape index (κ3) is 2.52. The Bertz CT molecular complexity index is 619. The molecule has 0 saturated carbocycles. The molecule has 0 saturated heterocycles. The summed E-state index contributed by atoms with van der Waals surface area (Å²) in [6.45, 7) is 3.79. The Hall–Kier alpha value is -2.50. The highest BCUT2D eigenvalue weighted by Crippen LogP contribution is 2.13. The fourth-order valence-corrected chi connectivity index (χ4v) is 1.66. The van der Waals surface area contributed by atoms with E-state index in [0.717, 1.165) is 5.56 Å². The molecule has 0 spiro atoms. The van der Waals surface area contributed by atoms with Gasteiger partial charge in [0.25, 0.3) is 0 Å². The molecule has 6 nitrogen and oxygen atoms in total. The van der Waals surface area contributed by atoms with Gasteiger partial charge < -0.3 is 4.74 Å². The van der Waals surface area contributed by atoms with Crippen molar-refractivity contribution in [2.75, 3.05) is 6.61 Å². The summed E-state index contributed by atoms with van der Waals surface area (Å²) in [5.74, 6) is -0.0434. The molecular weight excluding hydrogens is 246 g/mol. The first-order chi connectivity index (χ1) is 9.17. The SMILES string of the molecule is CCOC(=O)c1nn(-c2ncccc2C)cc1C=O. The van der Waals surface area contributed by atoms with E-state index in [2.05, 4.69) is 10.1 Å². The standard InChI is InChI=1S/C13H13N3O3/c1-3-19-13(18)11-10(8-17)7-16(15-11)12-9(2)5-4-6-14-12/h4-8H,3H2,1-2H3. The van der Waals surface area contributed by atoms with Gasteiger partial charge in [-0.3, -0.25) is 4.79 Å². The van der Waals surface area contributed by atoms with Crippen LogP contribution >= 0.6 is 0 Å². The molecule has 0 aliphatic carbocycles. The third-order valence-corrected chi connectivity index (χ3v) is 2.54. The highest BCUT2D eigenvalue weighted by atomic mass is 16.5. The molecular formula is C13H13N3O3. The number of rotatable bonds is 4. The maximum atomic E-state index is 11.7. The summed E-state index contributed by atoms with van der Waals surface area (Å²) in [6, 6.07) is 3.67. The maximum absolute atomic E-state index is 11.7. The average molecular weight is 259 g/mol. The molecule has 0 aliphatic rings. The first-order valence-corrected chi connectivity index (χ1v) is 5.81. The molecule has 0 atom stereocenters. The van der Waals surface area contributed by atoms with E-state index in [1.54, 1.807) is 19.2 Å². The van der Waals surface area contributed by atoms with E-state index in [9.17, 15) is 9.59 Å². The van der Waals surface area contributed by atoms with Crippen molar-refractivity contribution < 1.29 is 14.3 Å². The quantitative estimate of drug-likeness (QED) is 0.615. The molecule has 0 radical (unpaired) electrons. The van der Waals surface area contributed by atoms with Crippen LogP contribution in [0.3, 0.4) is 0 Å². The van der Waals surface area contributed by atoms with Gasteiger partial charge in [-0.25, -0.2) is 14.5 Å². The van der Waals surface area contributed by atoms with Crippen LogP contribution in [-0.2, 0) is 4.74 Å². The molecule has 2 heterocycles. The number of nitrogens with zero attached hydrogens (tertiary/aromatic N) is 3. The Kier molecular flexibility index (Phi) is 3.70. The molecule has 2 aromatic rings. The Morgan fingerprint density at radius 1 is 1.53 bits per heavy atom. The number of pyridine rings is 1. The normalized spacial score (nSPS) is 10.2. The van der Waals surface area contributed by atoms with Gasteiger partial charge in [0.15, 0.2) is 17.8 Å². The Balaban J connectivity index is 2.47. The molecule has 98 valence electrons. The van der Waals surface area contributed by atoms with Crippen molar-refractivity contribution in [2.45, 2.75) is 13.8 Å². The lowest BCUT2D eigenvalue weighted by Crippen LogP contribution is -2.09. The molecule has 0 fully saturated rings. The second kappa shape index (κ2) is 5.43. The molecule has 2 aromatic heterocycles. The zero-order valence-electron chi connectivity index (χ0n) is 10.7. The molecule has 0 aliphatic heterocycles. The summed E-state index contributed by atoms with van der Waals surface area (Å²) in [5.41, 5.74) is 1.07. The maximum Gasteiger partial charge on any atom is 0.359 e. The second-order valence-electron chi connectivity index (χ2n) is 3.86. The van der Waals surface area contributed by atoms with E-state index in [0.29, 0.717) is 12.1 Å². The summed E-state index contributed by atoms with van der Waals surface area (Å²) in [6.07, 6.45) is 3.66. The van der Waals surface area contributed by atoms with E-state index in [-0.39, 0.29) is 17.9 Å². The third-order valence-electron chi connectivity index (χ3n) is 2.54. The van der Waals surface area contributed by atoms with Gasteiger partial charge in [-0.2, -0.15) is 5.10 Å². The molecule has 0 bridgehead atoms. The molecule has 2 rings (SSSR count). The largest absolute Gasteiger partial charge is 0.461 e. The van der Waals surface area contributed by atoms with Gasteiger partial charge in [-0.05, 0) is 25.5 Å². The van der Waals surface area contributed by atoms with E-state index in [4.69, 9.17) is 4.74 Å². The highest BCUT2D eigenvalue weighted by Gasteiger charge is 2.18. The van der Waals surface area contributed by atoms with Crippen molar-refractivity contribution >= 4 is 12.3 Å². The number of ether oxygens (including phenoxy) is 1. The van der Waals surface area contributed by atoms with Gasteiger partial charge >= 0.3 is 5.97 Å². The molecule has 19 heavy (non-hydrogen) atoms. The van der Waals surface area contributed by atoms with Crippen molar-refractivity contribution in [1.82, 2.24) is 14.8 Å². The number of aromatic nitrogens is 3. The van der Waals surface area contributed by atoms with Crippen LogP contribution < -0.4 is 0 Å². The fraction of sp³-hybridized carbons (Fsp3) is 0.231. The van der Waals surface area contributed by atoms with Gasteiger partial charge in [0, 0.05) is 12.4 Å². The van der Waals surface area contributed by atoms with Gasteiger partial charge in [0.05, 0.1) is 12.2 Å². The van der Waals surface area contributed by atoms with Crippen LogP contribution in [0.5, 0.6) is 0 Å². The van der Waals surface area contributed by atoms with Crippen LogP contribution in [0.15, 0.2) is 24.5 Å². The predicted molar refractivity (Wildman–Crippen MR) is 67.4 cm³/mol. The average Bonchev–Trinajstić information content (AvgIpc) is 2.83. The van der Waals surface area contributed by atoms with Crippen LogP contribution in [0, 0.1) is 6.92 Å². The van der Waals surface area contributed by atoms with Crippen LogP contribution in [-0.4, -0.2) is 33.6 Å². The van der Waals surface area contributed by atoms with Crippen molar-refractivity contribution in [3.05, 3.63) is 41.3 Å². The molecule has 6 heteroatoms. The lowest BCUT2D eigenvalue weighted by atomic mass is 10.3. The smallest absolute Gasteiger partial charge is 0.359 e. The van der Waals surface area contributed by atoms with Crippen LogP contribution in [0.1, 0.15) is 33.3 Å². The Morgan fingerprint density at radius 2 is 2.32 bits per heavy atom. The first kappa shape index (κ1) is 12.9. The van der Waals surface area contributed by atoms with Crippen molar-refractivity contribution in [2.24, 2.45) is 0 Å². The van der Waals surface area contributed by atoms with Crippen molar-refractivity contribution in [1.29, 1.82) is 0 Å². The number of hydrogen-bond donors (Lipinski definition) is 0. The summed E-state index contributed by atoms with van der Waals surface area (Å²) in [5, 5.41) is 4.08. The van der Waals surface area contributed by atoms with Crippen molar-refractivity contribution in [3.8, 4) is 5.82 Å². The van der Waals surface area contributed by atoms with E-state index < -0.39 is 5.97 Å². The van der Waals surface area contributed by atoms with E-state index in [1.807, 2.05) is 13.0 Å². The Labute approximate surface area is 110 Å². The highest BCUT2D eigenvalue weighted by molar-refractivity contribution is 5.96. The van der Waals surface area contributed by atoms with Crippen LogP contribution in [0.2, 0.25) is 0 Å². The van der Waals surface area contributed by atoms with Crippen LogP contribution in [0.4, 0.5) is 0 Å². The minimum Gasteiger partial charge on any atom is -0.461 e. The zero-order chi connectivity index (χ0) is 13.8. The molecule has 0 unspecified atom stereocenters. The first-order valence-electron chi connectivity index (χ1n) is 5.81. The van der Waals surface area contributed by atoms with Gasteiger partial charge in [-0.1, -0.05) is 6.07 Å². The molecule has 0 N–H and O–H groups in total. The predicted octanol–water partition coefficient (Wildman–Crippen LogP) is 1.56. The van der Waals surface area contributed by atoms with E-state index >= 15 is 0 Å². The van der Waals surface area contributed by atoms with Crippen molar-refractivity contribution in [3.63, 3.8) is 0 Å². The second-order valence-corrected chi connectivity index (χ2v) is 3.86. The van der Waals surface area contributed by atoms with Crippen LogP contribution in [0.25, 0.3) is 5.82 Å². The number of esters is 1. The zero-order valence-corrected chi connectivity index (χ0v) is 10.7. The fourth-order valence-electron chi connectivity index (χ4n) is 1.66. The number of hydrogen-bond acceptors (Lipinski definition) is 5. The minimum absolute atomic E-state index is 0.00176. The monoisotopic (exact) mass is 259 g/mol. The summed E-state index contributed by atoms with van der Waals surface area (Å²) in [4.78, 5) is 26.8. The summed E-state index contributed by atoms with van der Waals surface area (Å²) < 4.78 is 6.26. The lowest BCUT2D eigenvalue weighted by molar-refractivity contribution is 0.0517. The number of aldehydes is 1. The lowest BCUT2D eigenvalue weighted by Gasteiger charge is -2.03. The Morgan fingerprint density at radius 3 is 2.95 bits per heavy atom. The topological polar surface area (TPSA) is 74.1 Å². The van der Waals surface area contributed by atoms with Gasteiger partial charge in [0.1, 0.15) is 0 Å². The molecule has 0 aromatic carbocycles. The van der Waals surface area contributed by atoms with Gasteiger partial charge in [-0.15, -0.1) is 0 Å². The summed E-state index contributed by atoms with van der Waals surface area (Å²) in [7, 11) is 0. The number of aryl methyl sites for hydroxylation is 1. The molecule has 0 amide bonds. The van der Waals surface area contributed by atoms with Gasteiger partial charge in [0.2, 0.25) is 0 Å². The summed E-state index contributed by atoms with van der Waals surface area (Å²) >= 11 is 0. The number of carbonyl (C=O) groups excluding carboxylic acids is 2.